The molecule has 1 aromatic carbocycles. The van der Waals surface area contributed by atoms with E-state index >= 15 is 0 Å². The number of likely N-dealkylation sites (tertiary alicyclic amines) is 1. The molecule has 2 aromatic rings. The Morgan fingerprint density at radius 3 is 2.63 bits per heavy atom. The van der Waals surface area contributed by atoms with Crippen LogP contribution in [0.2, 0.25) is 5.02 Å². The molecule has 1 unspecified atom stereocenters. The Labute approximate surface area is 209 Å². The molecule has 2 aliphatic rings. The van der Waals surface area contributed by atoms with Crippen LogP contribution in [0, 0.1) is 5.92 Å². The summed E-state index contributed by atoms with van der Waals surface area (Å²) in [7, 11) is 1.53. The maximum atomic E-state index is 13.7. The fraction of sp³-hybridized carbons (Fsp3) is 0.385. The maximum Gasteiger partial charge on any atom is 0.325 e. The number of urea groups is 1. The van der Waals surface area contributed by atoms with E-state index in [1.54, 1.807) is 23.2 Å². The summed E-state index contributed by atoms with van der Waals surface area (Å²) < 4.78 is 5.10. The molecule has 2 fully saturated rings. The van der Waals surface area contributed by atoms with E-state index in [0.717, 1.165) is 5.56 Å². The summed E-state index contributed by atoms with van der Waals surface area (Å²) in [5, 5.41) is 3.56. The van der Waals surface area contributed by atoms with Gasteiger partial charge in [-0.1, -0.05) is 35.9 Å². The second kappa shape index (κ2) is 11.0. The van der Waals surface area contributed by atoms with Gasteiger partial charge in [-0.15, -0.1) is 0 Å². The number of hydrogen-bond acceptors (Lipinski definition) is 5. The van der Waals surface area contributed by atoms with Crippen molar-refractivity contribution in [3.05, 3.63) is 71.0 Å². The number of pyridine rings is 1. The molecule has 0 spiro atoms. The van der Waals surface area contributed by atoms with Gasteiger partial charge < -0.3 is 15.0 Å². The van der Waals surface area contributed by atoms with Gasteiger partial charge in [-0.25, -0.2) is 4.79 Å². The van der Waals surface area contributed by atoms with Crippen molar-refractivity contribution in [3.8, 4) is 0 Å². The number of benzene rings is 1. The molecule has 35 heavy (non-hydrogen) atoms. The van der Waals surface area contributed by atoms with Gasteiger partial charge in [0.1, 0.15) is 5.54 Å². The first-order valence-corrected chi connectivity index (χ1v) is 12.1. The van der Waals surface area contributed by atoms with Gasteiger partial charge in [0.15, 0.2) is 0 Å². The summed E-state index contributed by atoms with van der Waals surface area (Å²) in [5.41, 5.74) is 0.396. The van der Waals surface area contributed by atoms with Crippen molar-refractivity contribution in [2.75, 3.05) is 33.4 Å². The van der Waals surface area contributed by atoms with Crippen LogP contribution in [0.5, 0.6) is 0 Å². The number of carbonyl (C=O) groups is 3. The quantitative estimate of drug-likeness (QED) is 0.447. The molecule has 0 bridgehead atoms. The number of nitrogens with zero attached hydrogens (tertiary/aromatic N) is 3. The number of amides is 4. The fourth-order valence-corrected chi connectivity index (χ4v) is 5.05. The molecule has 1 N–H and O–H groups in total. The Bertz CT molecular complexity index is 1100. The Balaban J connectivity index is 1.51. The Morgan fingerprint density at radius 1 is 1.20 bits per heavy atom. The van der Waals surface area contributed by atoms with Gasteiger partial charge in [-0.05, 0) is 48.6 Å². The number of halogens is 1. The Kier molecular flexibility index (Phi) is 7.83. The molecule has 3 heterocycles. The van der Waals surface area contributed by atoms with Crippen LogP contribution >= 0.6 is 11.6 Å². The highest BCUT2D eigenvalue weighted by Crippen LogP contribution is 2.37. The van der Waals surface area contributed by atoms with Crippen molar-refractivity contribution in [2.45, 2.75) is 24.8 Å². The Morgan fingerprint density at radius 2 is 1.94 bits per heavy atom. The van der Waals surface area contributed by atoms with E-state index in [2.05, 4.69) is 10.3 Å². The van der Waals surface area contributed by atoms with Gasteiger partial charge in [0, 0.05) is 43.9 Å². The van der Waals surface area contributed by atoms with E-state index < -0.39 is 11.6 Å². The van der Waals surface area contributed by atoms with Crippen molar-refractivity contribution in [1.82, 2.24) is 20.1 Å². The summed E-state index contributed by atoms with van der Waals surface area (Å²) >= 11 is 6.43. The molecule has 1 aromatic heterocycles. The van der Waals surface area contributed by atoms with Crippen LogP contribution in [-0.4, -0.2) is 71.5 Å². The number of piperidine rings is 1. The summed E-state index contributed by atoms with van der Waals surface area (Å²) in [6, 6.07) is 12.5. The summed E-state index contributed by atoms with van der Waals surface area (Å²) in [6.07, 6.45) is 6.35. The average Bonchev–Trinajstić information content (AvgIpc) is 3.12. The zero-order chi connectivity index (χ0) is 24.8. The highest BCUT2D eigenvalue weighted by atomic mass is 35.5. The molecule has 1 atom stereocenters. The van der Waals surface area contributed by atoms with Crippen LogP contribution in [0.3, 0.4) is 0 Å². The van der Waals surface area contributed by atoms with Crippen LogP contribution in [0.25, 0.3) is 6.08 Å². The maximum absolute atomic E-state index is 13.7. The average molecular weight is 497 g/mol. The van der Waals surface area contributed by atoms with E-state index in [1.807, 2.05) is 36.4 Å². The molecule has 2 saturated heterocycles. The number of nitrogens with one attached hydrogen (secondary N) is 1. The number of ether oxygens (including phenoxy) is 1. The van der Waals surface area contributed by atoms with E-state index in [4.69, 9.17) is 16.3 Å². The van der Waals surface area contributed by atoms with Crippen LogP contribution in [0.15, 0.2) is 54.7 Å². The minimum Gasteiger partial charge on any atom is -0.383 e. The minimum atomic E-state index is -1.12. The van der Waals surface area contributed by atoms with Crippen molar-refractivity contribution in [3.63, 3.8) is 0 Å². The van der Waals surface area contributed by atoms with Gasteiger partial charge in [0.05, 0.1) is 18.8 Å². The highest BCUT2D eigenvalue weighted by molar-refractivity contribution is 6.31. The summed E-state index contributed by atoms with van der Waals surface area (Å²) in [6.45, 7) is 1.42. The molecule has 4 amide bonds. The second-order valence-electron chi connectivity index (χ2n) is 8.81. The lowest BCUT2D eigenvalue weighted by Gasteiger charge is -2.41. The molecule has 0 radical (unpaired) electrons. The van der Waals surface area contributed by atoms with Gasteiger partial charge in [0.25, 0.3) is 5.91 Å². The fourth-order valence-electron chi connectivity index (χ4n) is 4.84. The number of imide groups is 1. The molecule has 2 aliphatic heterocycles. The first-order chi connectivity index (χ1) is 16.9. The lowest BCUT2D eigenvalue weighted by atomic mass is 9.74. The predicted molar refractivity (Wildman–Crippen MR) is 133 cm³/mol. The van der Waals surface area contributed by atoms with E-state index in [0.29, 0.717) is 43.1 Å². The molecule has 0 aliphatic carbocycles. The first kappa shape index (κ1) is 24.9. The molecule has 8 nitrogen and oxygen atoms in total. The number of aromatic nitrogens is 1. The summed E-state index contributed by atoms with van der Waals surface area (Å²) in [4.78, 5) is 46.5. The standard InChI is InChI=1S/C26H29ClN4O4/c1-35-17-16-31-24(33)26(29-25(31)34,18-19-6-2-3-8-22(19)27)20-11-14-30(15-12-20)23(32)10-9-21-7-4-5-13-28-21/h2-10,13,20H,11-12,14-18H2,1H3,(H,29,34)/b10-9+. The molecular formula is C26H29ClN4O4. The number of carbonyl (C=O) groups excluding carboxylic acids is 3. The third-order valence-corrected chi connectivity index (χ3v) is 7.10. The van der Waals surface area contributed by atoms with Crippen molar-refractivity contribution in [1.29, 1.82) is 0 Å². The lowest BCUT2D eigenvalue weighted by molar-refractivity contribution is -0.135. The highest BCUT2D eigenvalue weighted by Gasteiger charge is 2.56. The smallest absolute Gasteiger partial charge is 0.325 e. The lowest BCUT2D eigenvalue weighted by Crippen LogP contribution is -2.58. The van der Waals surface area contributed by atoms with E-state index in [1.165, 1.54) is 18.1 Å². The third-order valence-electron chi connectivity index (χ3n) is 6.74. The number of hydrogen-bond donors (Lipinski definition) is 1. The molecule has 9 heteroatoms. The first-order valence-electron chi connectivity index (χ1n) is 11.7. The van der Waals surface area contributed by atoms with Gasteiger partial charge in [-0.3, -0.25) is 19.5 Å². The summed E-state index contributed by atoms with van der Waals surface area (Å²) in [5.74, 6) is -0.511. The monoisotopic (exact) mass is 496 g/mol. The molecule has 4 rings (SSSR count). The van der Waals surface area contributed by atoms with E-state index in [-0.39, 0.29) is 30.9 Å². The van der Waals surface area contributed by atoms with E-state index in [9.17, 15) is 14.4 Å². The molecular weight excluding hydrogens is 468 g/mol. The topological polar surface area (TPSA) is 91.8 Å². The van der Waals surface area contributed by atoms with Crippen LogP contribution in [0.4, 0.5) is 4.79 Å². The van der Waals surface area contributed by atoms with Gasteiger partial charge in [-0.2, -0.15) is 0 Å². The van der Waals surface area contributed by atoms with Crippen molar-refractivity contribution in [2.24, 2.45) is 5.92 Å². The van der Waals surface area contributed by atoms with Crippen LogP contribution in [-0.2, 0) is 20.7 Å². The zero-order valence-electron chi connectivity index (χ0n) is 19.7. The molecule has 184 valence electrons. The van der Waals surface area contributed by atoms with Crippen molar-refractivity contribution < 1.29 is 19.1 Å². The molecule has 0 saturated carbocycles. The van der Waals surface area contributed by atoms with Crippen LogP contribution in [0.1, 0.15) is 24.1 Å². The SMILES string of the molecule is COCCN1C(=O)NC(Cc2ccccc2Cl)(C2CCN(C(=O)/C=C/c3ccccn3)CC2)C1=O. The second-order valence-corrected chi connectivity index (χ2v) is 9.21. The van der Waals surface area contributed by atoms with Gasteiger partial charge >= 0.3 is 6.03 Å². The van der Waals surface area contributed by atoms with Gasteiger partial charge in [0.2, 0.25) is 5.91 Å². The Hall–Kier alpha value is -3.23. The largest absolute Gasteiger partial charge is 0.383 e. The zero-order valence-corrected chi connectivity index (χ0v) is 20.4. The number of rotatable bonds is 8. The third kappa shape index (κ3) is 5.39. The van der Waals surface area contributed by atoms with Crippen molar-refractivity contribution >= 4 is 35.5 Å². The van der Waals surface area contributed by atoms with Crippen LogP contribution < -0.4 is 5.32 Å². The number of methoxy groups -OCH3 is 1. The normalized spacial score (nSPS) is 21.1. The predicted octanol–water partition coefficient (Wildman–Crippen LogP) is 3.17. The minimum absolute atomic E-state index is 0.0993.